The summed E-state index contributed by atoms with van der Waals surface area (Å²) in [5, 5.41) is 3.46. The van der Waals surface area contributed by atoms with Crippen LogP contribution in [0.4, 0.5) is 0 Å². The van der Waals surface area contributed by atoms with E-state index in [2.05, 4.69) is 5.32 Å². The van der Waals surface area contributed by atoms with Crippen molar-refractivity contribution < 1.29 is 28.5 Å². The molecule has 0 saturated carbocycles. The van der Waals surface area contributed by atoms with Crippen LogP contribution in [0.25, 0.3) is 0 Å². The van der Waals surface area contributed by atoms with Gasteiger partial charge in [-0.25, -0.2) is 0 Å². The van der Waals surface area contributed by atoms with E-state index >= 15 is 0 Å². The standard InChI is InChI=1S/C28H47N3O6/c1-19(2)26(36-8)28(33)30(5)17-22-15-29-16-23(22)18-31(20(3)4)27(32)21-10-11-24(35-7)25(14-21)37-13-9-12-34-6/h10-11,14,19-20,22-23,26,29H,9,12-13,15-18H2,1-8H3/t22-,23-,26?/m0/s1. The Morgan fingerprint density at radius 3 is 2.24 bits per heavy atom. The maximum Gasteiger partial charge on any atom is 0.254 e. The van der Waals surface area contributed by atoms with Crippen molar-refractivity contribution in [3.63, 3.8) is 0 Å². The summed E-state index contributed by atoms with van der Waals surface area (Å²) in [4.78, 5) is 30.3. The average molecular weight is 522 g/mol. The van der Waals surface area contributed by atoms with Crippen molar-refractivity contribution in [2.75, 3.05) is 67.8 Å². The van der Waals surface area contributed by atoms with Crippen molar-refractivity contribution in [3.8, 4) is 11.5 Å². The topological polar surface area (TPSA) is 89.6 Å². The Hall–Kier alpha value is -2.36. The average Bonchev–Trinajstić information content (AvgIpc) is 3.30. The van der Waals surface area contributed by atoms with Crippen LogP contribution in [0.1, 0.15) is 44.5 Å². The number of carbonyl (C=O) groups is 2. The maximum absolute atomic E-state index is 13.7. The van der Waals surface area contributed by atoms with E-state index in [1.165, 1.54) is 0 Å². The van der Waals surface area contributed by atoms with Gasteiger partial charge in [0.2, 0.25) is 0 Å². The molecular formula is C28H47N3O6. The molecule has 1 heterocycles. The molecule has 37 heavy (non-hydrogen) atoms. The summed E-state index contributed by atoms with van der Waals surface area (Å²) in [6, 6.07) is 5.34. The number of nitrogens with zero attached hydrogens (tertiary/aromatic N) is 2. The van der Waals surface area contributed by atoms with Crippen LogP contribution in [0.2, 0.25) is 0 Å². The Balaban J connectivity index is 2.13. The monoisotopic (exact) mass is 521 g/mol. The molecule has 1 aliphatic heterocycles. The lowest BCUT2D eigenvalue weighted by Crippen LogP contribution is -2.46. The van der Waals surface area contributed by atoms with E-state index in [1.807, 2.05) is 39.6 Å². The molecule has 2 rings (SSSR count). The summed E-state index contributed by atoms with van der Waals surface area (Å²) < 4.78 is 21.8. The zero-order valence-corrected chi connectivity index (χ0v) is 23.9. The highest BCUT2D eigenvalue weighted by atomic mass is 16.5. The second-order valence-electron chi connectivity index (χ2n) is 10.4. The van der Waals surface area contributed by atoms with Gasteiger partial charge in [-0.05, 0) is 49.8 Å². The first-order chi connectivity index (χ1) is 17.6. The maximum atomic E-state index is 13.7. The first-order valence-corrected chi connectivity index (χ1v) is 13.2. The zero-order chi connectivity index (χ0) is 27.5. The van der Waals surface area contributed by atoms with Crippen LogP contribution >= 0.6 is 0 Å². The molecule has 1 saturated heterocycles. The van der Waals surface area contributed by atoms with Gasteiger partial charge >= 0.3 is 0 Å². The minimum atomic E-state index is -0.451. The van der Waals surface area contributed by atoms with Crippen LogP contribution in [0.3, 0.4) is 0 Å². The number of benzene rings is 1. The van der Waals surface area contributed by atoms with Crippen LogP contribution in [-0.2, 0) is 14.3 Å². The number of ether oxygens (including phenoxy) is 4. The van der Waals surface area contributed by atoms with E-state index in [9.17, 15) is 9.59 Å². The molecule has 1 aromatic rings. The van der Waals surface area contributed by atoms with E-state index in [1.54, 1.807) is 44.4 Å². The summed E-state index contributed by atoms with van der Waals surface area (Å²) in [6.07, 6.45) is 0.290. The van der Waals surface area contributed by atoms with Gasteiger partial charge in [0.15, 0.2) is 11.5 Å². The fourth-order valence-electron chi connectivity index (χ4n) is 4.79. The molecule has 9 heteroatoms. The van der Waals surface area contributed by atoms with Gasteiger partial charge in [0, 0.05) is 72.1 Å². The number of nitrogens with one attached hydrogen (secondary N) is 1. The van der Waals surface area contributed by atoms with Crippen molar-refractivity contribution in [1.29, 1.82) is 0 Å². The third kappa shape index (κ3) is 8.58. The fourth-order valence-corrected chi connectivity index (χ4v) is 4.79. The van der Waals surface area contributed by atoms with Crippen LogP contribution in [0, 0.1) is 17.8 Å². The van der Waals surface area contributed by atoms with E-state index < -0.39 is 6.10 Å². The Morgan fingerprint density at radius 2 is 1.68 bits per heavy atom. The molecule has 3 atom stereocenters. The molecule has 0 aromatic heterocycles. The Morgan fingerprint density at radius 1 is 1.00 bits per heavy atom. The summed E-state index contributed by atoms with van der Waals surface area (Å²) in [6.45, 7) is 11.9. The number of hydrogen-bond acceptors (Lipinski definition) is 7. The molecule has 0 radical (unpaired) electrons. The predicted octanol–water partition coefficient (Wildman–Crippen LogP) is 2.93. The van der Waals surface area contributed by atoms with Crippen molar-refractivity contribution in [3.05, 3.63) is 23.8 Å². The quantitative estimate of drug-likeness (QED) is 0.355. The number of methoxy groups -OCH3 is 3. The number of hydrogen-bond donors (Lipinski definition) is 1. The third-order valence-corrected chi connectivity index (χ3v) is 6.94. The smallest absolute Gasteiger partial charge is 0.254 e. The summed E-state index contributed by atoms with van der Waals surface area (Å²) in [5.74, 6) is 1.66. The van der Waals surface area contributed by atoms with Gasteiger partial charge in [0.1, 0.15) is 6.10 Å². The van der Waals surface area contributed by atoms with E-state index in [-0.39, 0.29) is 35.6 Å². The Bertz CT molecular complexity index is 862. The van der Waals surface area contributed by atoms with Gasteiger partial charge < -0.3 is 34.1 Å². The lowest BCUT2D eigenvalue weighted by molar-refractivity contribution is -0.143. The molecule has 210 valence electrons. The molecule has 0 bridgehead atoms. The Labute approximate surface area is 222 Å². The minimum absolute atomic E-state index is 0.00352. The second kappa shape index (κ2) is 15.1. The minimum Gasteiger partial charge on any atom is -0.493 e. The highest BCUT2D eigenvalue weighted by molar-refractivity contribution is 5.95. The second-order valence-corrected chi connectivity index (χ2v) is 10.4. The van der Waals surface area contributed by atoms with Crippen molar-refractivity contribution in [2.45, 2.75) is 46.3 Å². The van der Waals surface area contributed by atoms with Crippen LogP contribution in [-0.4, -0.2) is 102 Å². The highest BCUT2D eigenvalue weighted by Crippen LogP contribution is 2.30. The fraction of sp³-hybridized carbons (Fsp3) is 0.714. The Kier molecular flexibility index (Phi) is 12.6. The van der Waals surface area contributed by atoms with Crippen LogP contribution < -0.4 is 14.8 Å². The number of carbonyl (C=O) groups excluding carboxylic acids is 2. The molecule has 1 unspecified atom stereocenters. The molecule has 1 aliphatic rings. The zero-order valence-electron chi connectivity index (χ0n) is 23.9. The van der Waals surface area contributed by atoms with Gasteiger partial charge in [-0.1, -0.05) is 13.8 Å². The van der Waals surface area contributed by atoms with Gasteiger partial charge in [-0.3, -0.25) is 9.59 Å². The van der Waals surface area contributed by atoms with Crippen molar-refractivity contribution in [2.24, 2.45) is 17.8 Å². The third-order valence-electron chi connectivity index (χ3n) is 6.94. The molecule has 0 aliphatic carbocycles. The molecule has 0 spiro atoms. The first-order valence-electron chi connectivity index (χ1n) is 13.2. The molecule has 9 nitrogen and oxygen atoms in total. The largest absolute Gasteiger partial charge is 0.493 e. The summed E-state index contributed by atoms with van der Waals surface area (Å²) >= 11 is 0. The summed E-state index contributed by atoms with van der Waals surface area (Å²) in [5.41, 5.74) is 0.561. The lowest BCUT2D eigenvalue weighted by Gasteiger charge is -2.33. The van der Waals surface area contributed by atoms with Gasteiger partial charge in [0.05, 0.1) is 13.7 Å². The van der Waals surface area contributed by atoms with Gasteiger partial charge in [-0.2, -0.15) is 0 Å². The number of rotatable bonds is 15. The summed E-state index contributed by atoms with van der Waals surface area (Å²) in [7, 11) is 6.66. The highest BCUT2D eigenvalue weighted by Gasteiger charge is 2.34. The van der Waals surface area contributed by atoms with E-state index in [0.717, 1.165) is 19.5 Å². The first kappa shape index (κ1) is 30.9. The SMILES string of the molecule is COCCCOc1cc(C(=O)N(C[C@@H]2CNC[C@H]2CN(C)C(=O)C(OC)C(C)C)C(C)C)ccc1OC. The number of amides is 2. The van der Waals surface area contributed by atoms with Crippen molar-refractivity contribution in [1.82, 2.24) is 15.1 Å². The number of likely N-dealkylation sites (N-methyl/N-ethyl adjacent to an activating group) is 1. The van der Waals surface area contributed by atoms with E-state index in [4.69, 9.17) is 18.9 Å². The van der Waals surface area contributed by atoms with Gasteiger partial charge in [-0.15, -0.1) is 0 Å². The molecule has 1 N–H and O–H groups in total. The van der Waals surface area contributed by atoms with Crippen LogP contribution in [0.5, 0.6) is 11.5 Å². The molecular weight excluding hydrogens is 474 g/mol. The predicted molar refractivity (Wildman–Crippen MR) is 144 cm³/mol. The molecule has 1 fully saturated rings. The van der Waals surface area contributed by atoms with Gasteiger partial charge in [0.25, 0.3) is 11.8 Å². The normalized spacial score (nSPS) is 18.2. The van der Waals surface area contributed by atoms with Crippen molar-refractivity contribution >= 4 is 11.8 Å². The van der Waals surface area contributed by atoms with E-state index in [0.29, 0.717) is 43.4 Å². The lowest BCUT2D eigenvalue weighted by atomic mass is 9.93. The molecule has 1 aromatic carbocycles. The van der Waals surface area contributed by atoms with Crippen LogP contribution in [0.15, 0.2) is 18.2 Å². The molecule has 2 amide bonds.